The predicted octanol–water partition coefficient (Wildman–Crippen LogP) is 7.32. The fraction of sp³-hybridized carbons (Fsp3) is 0.167. The largest absolute Gasteiger partial charge is 0.361 e. The van der Waals surface area contributed by atoms with E-state index in [2.05, 4.69) is 17.3 Å². The summed E-state index contributed by atoms with van der Waals surface area (Å²) in [5.41, 5.74) is 3.63. The highest BCUT2D eigenvalue weighted by molar-refractivity contribution is 7.97. The number of hydrogen-bond donors (Lipinski definition) is 1. The van der Waals surface area contributed by atoms with Gasteiger partial charge in [0.05, 0.1) is 0 Å². The molecule has 1 unspecified atom stereocenters. The molecule has 148 valence electrons. The van der Waals surface area contributed by atoms with Crippen molar-refractivity contribution in [3.8, 4) is 0 Å². The minimum Gasteiger partial charge on any atom is -0.361 e. The third-order valence-corrected chi connectivity index (χ3v) is 6.37. The second-order valence-electron chi connectivity index (χ2n) is 7.23. The van der Waals surface area contributed by atoms with E-state index in [1.165, 1.54) is 23.8 Å². The van der Waals surface area contributed by atoms with Crippen molar-refractivity contribution in [3.63, 3.8) is 0 Å². The Morgan fingerprint density at radius 2 is 1.76 bits per heavy atom. The summed E-state index contributed by atoms with van der Waals surface area (Å²) in [6.07, 6.45) is 4.00. The van der Waals surface area contributed by atoms with Crippen LogP contribution in [0.25, 0.3) is 10.9 Å². The molecular weight excluding hydrogens is 408 g/mol. The van der Waals surface area contributed by atoms with E-state index in [4.69, 9.17) is 11.6 Å². The highest BCUT2D eigenvalue weighted by Gasteiger charge is 2.36. The average molecular weight is 428 g/mol. The number of para-hydroxylation sites is 1. The summed E-state index contributed by atoms with van der Waals surface area (Å²) in [6, 6.07) is 17.1. The first-order chi connectivity index (χ1) is 13.9. The van der Waals surface area contributed by atoms with Gasteiger partial charge in [0.2, 0.25) is 0 Å². The third kappa shape index (κ3) is 3.45. The molecule has 1 nitrogen and oxygen atoms in total. The third-order valence-electron chi connectivity index (χ3n) is 5.53. The van der Waals surface area contributed by atoms with Crippen LogP contribution < -0.4 is 0 Å². The molecule has 3 aromatic carbocycles. The number of aromatic nitrogens is 1. The van der Waals surface area contributed by atoms with Gasteiger partial charge in [0, 0.05) is 38.9 Å². The number of rotatable bonds is 5. The molecule has 1 aromatic heterocycles. The Kier molecular flexibility index (Phi) is 5.41. The van der Waals surface area contributed by atoms with Gasteiger partial charge in [-0.05, 0) is 54.1 Å². The van der Waals surface area contributed by atoms with Crippen molar-refractivity contribution in [1.29, 1.82) is 0 Å². The van der Waals surface area contributed by atoms with Gasteiger partial charge < -0.3 is 4.98 Å². The highest BCUT2D eigenvalue weighted by Crippen LogP contribution is 2.44. The van der Waals surface area contributed by atoms with Gasteiger partial charge in [0.1, 0.15) is 11.6 Å². The Hall–Kier alpha value is -2.30. The number of hydrogen-bond acceptors (Lipinski definition) is 1. The molecule has 0 saturated carbocycles. The zero-order valence-electron chi connectivity index (χ0n) is 16.1. The normalized spacial score (nSPS) is 13.6. The van der Waals surface area contributed by atoms with Crippen LogP contribution in [-0.4, -0.2) is 11.2 Å². The standard InChI is InChI=1S/C24H20ClF2NS/c1-24(16-6-9-18(26)10-7-16,20-11-8-17(25)12-22(20)27)21-13-28-23-15(14-29-2)4-3-5-19(21)23/h3-13,28H,14H2,1-2H3. The minimum absolute atomic E-state index is 0.325. The number of nitrogens with one attached hydrogen (secondary N) is 1. The molecular formula is C24H20ClF2NS. The lowest BCUT2D eigenvalue weighted by Crippen LogP contribution is -2.26. The fourth-order valence-corrected chi connectivity index (χ4v) is 4.75. The highest BCUT2D eigenvalue weighted by atomic mass is 35.5. The maximum atomic E-state index is 15.1. The topological polar surface area (TPSA) is 15.8 Å². The maximum Gasteiger partial charge on any atom is 0.129 e. The van der Waals surface area contributed by atoms with Crippen LogP contribution in [0.3, 0.4) is 0 Å². The minimum atomic E-state index is -0.835. The van der Waals surface area contributed by atoms with Gasteiger partial charge in [-0.2, -0.15) is 11.8 Å². The average Bonchev–Trinajstić information content (AvgIpc) is 3.14. The zero-order valence-corrected chi connectivity index (χ0v) is 17.7. The van der Waals surface area contributed by atoms with Crippen LogP contribution in [-0.2, 0) is 11.2 Å². The van der Waals surface area contributed by atoms with Crippen LogP contribution in [0.5, 0.6) is 0 Å². The first-order valence-electron chi connectivity index (χ1n) is 9.25. The van der Waals surface area contributed by atoms with E-state index in [9.17, 15) is 4.39 Å². The second-order valence-corrected chi connectivity index (χ2v) is 8.53. The van der Waals surface area contributed by atoms with E-state index in [1.54, 1.807) is 36.0 Å². The van der Waals surface area contributed by atoms with Gasteiger partial charge in [-0.15, -0.1) is 0 Å². The van der Waals surface area contributed by atoms with Crippen LogP contribution in [0.1, 0.15) is 29.2 Å². The molecule has 4 aromatic rings. The molecule has 0 bridgehead atoms. The van der Waals surface area contributed by atoms with Gasteiger partial charge in [-0.1, -0.05) is 48.0 Å². The number of aromatic amines is 1. The Balaban J connectivity index is 2.03. The van der Waals surface area contributed by atoms with Crippen molar-refractivity contribution < 1.29 is 8.78 Å². The first-order valence-corrected chi connectivity index (χ1v) is 11.0. The monoisotopic (exact) mass is 427 g/mol. The molecule has 0 saturated heterocycles. The summed E-state index contributed by atoms with van der Waals surface area (Å²) in [5.74, 6) is 0.160. The van der Waals surface area contributed by atoms with E-state index in [0.717, 1.165) is 27.8 Å². The number of halogens is 3. The summed E-state index contributed by atoms with van der Waals surface area (Å²) in [7, 11) is 0. The number of fused-ring (bicyclic) bond motifs is 1. The molecule has 0 radical (unpaired) electrons. The van der Waals surface area contributed by atoms with Crippen molar-refractivity contribution >= 4 is 34.3 Å². The van der Waals surface area contributed by atoms with E-state index in [0.29, 0.717) is 10.6 Å². The molecule has 0 amide bonds. The van der Waals surface area contributed by atoms with E-state index >= 15 is 4.39 Å². The molecule has 1 heterocycles. The van der Waals surface area contributed by atoms with Gasteiger partial charge in [0.15, 0.2) is 0 Å². The van der Waals surface area contributed by atoms with E-state index in [-0.39, 0.29) is 11.6 Å². The van der Waals surface area contributed by atoms with Gasteiger partial charge >= 0.3 is 0 Å². The Bertz CT molecular complexity index is 1170. The van der Waals surface area contributed by atoms with Crippen LogP contribution in [0, 0.1) is 11.6 Å². The van der Waals surface area contributed by atoms with Gasteiger partial charge in [0.25, 0.3) is 0 Å². The Morgan fingerprint density at radius 3 is 2.45 bits per heavy atom. The lowest BCUT2D eigenvalue weighted by Gasteiger charge is -2.31. The van der Waals surface area contributed by atoms with Crippen LogP contribution in [0.2, 0.25) is 5.02 Å². The van der Waals surface area contributed by atoms with Gasteiger partial charge in [-0.25, -0.2) is 8.78 Å². The van der Waals surface area contributed by atoms with Crippen molar-refractivity contribution in [3.05, 3.63) is 106 Å². The van der Waals surface area contributed by atoms with E-state index in [1.807, 2.05) is 25.3 Å². The lowest BCUT2D eigenvalue weighted by molar-refractivity contribution is 0.567. The first kappa shape index (κ1) is 20.0. The van der Waals surface area contributed by atoms with Crippen molar-refractivity contribution in [2.45, 2.75) is 18.1 Å². The zero-order chi connectivity index (χ0) is 20.6. The molecule has 0 fully saturated rings. The number of H-pyrrole nitrogens is 1. The SMILES string of the molecule is CSCc1cccc2c(C(C)(c3ccc(F)cc3)c3ccc(Cl)cc3F)c[nH]c12. The molecule has 5 heteroatoms. The quantitative estimate of drug-likeness (QED) is 0.353. The number of benzene rings is 3. The summed E-state index contributed by atoms with van der Waals surface area (Å²) >= 11 is 7.76. The van der Waals surface area contributed by atoms with E-state index < -0.39 is 5.41 Å². The molecule has 0 aliphatic carbocycles. The van der Waals surface area contributed by atoms with Crippen molar-refractivity contribution in [2.24, 2.45) is 0 Å². The lowest BCUT2D eigenvalue weighted by atomic mass is 9.70. The van der Waals surface area contributed by atoms with Crippen LogP contribution in [0.15, 0.2) is 66.9 Å². The molecule has 4 rings (SSSR count). The summed E-state index contributed by atoms with van der Waals surface area (Å²) in [4.78, 5) is 3.39. The molecule has 0 aliphatic rings. The predicted molar refractivity (Wildman–Crippen MR) is 119 cm³/mol. The van der Waals surface area contributed by atoms with Crippen LogP contribution >= 0.6 is 23.4 Å². The Morgan fingerprint density at radius 1 is 1.00 bits per heavy atom. The summed E-state index contributed by atoms with van der Waals surface area (Å²) in [5, 5.41) is 1.37. The molecule has 0 spiro atoms. The number of thioether (sulfide) groups is 1. The summed E-state index contributed by atoms with van der Waals surface area (Å²) < 4.78 is 28.8. The smallest absolute Gasteiger partial charge is 0.129 e. The molecule has 1 atom stereocenters. The fourth-order valence-electron chi connectivity index (χ4n) is 4.04. The molecule has 1 N–H and O–H groups in total. The Labute approximate surface area is 178 Å². The maximum absolute atomic E-state index is 15.1. The second kappa shape index (κ2) is 7.85. The molecule has 0 aliphatic heterocycles. The van der Waals surface area contributed by atoms with Crippen molar-refractivity contribution in [1.82, 2.24) is 4.98 Å². The molecule has 29 heavy (non-hydrogen) atoms. The van der Waals surface area contributed by atoms with Crippen LogP contribution in [0.4, 0.5) is 8.78 Å². The summed E-state index contributed by atoms with van der Waals surface area (Å²) in [6.45, 7) is 1.97. The van der Waals surface area contributed by atoms with Gasteiger partial charge in [-0.3, -0.25) is 0 Å². The van der Waals surface area contributed by atoms with Crippen molar-refractivity contribution in [2.75, 3.05) is 6.26 Å².